The Labute approximate surface area is 203 Å². The van der Waals surface area contributed by atoms with Gasteiger partial charge in [-0.2, -0.15) is 0 Å². The van der Waals surface area contributed by atoms with Crippen molar-refractivity contribution in [3.63, 3.8) is 0 Å². The molecular formula is C22H21FN2O6S3. The molecule has 3 aromatic rings. The maximum Gasteiger partial charge on any atom is 0.270 e. The number of benzene rings is 3. The molecule has 0 aliphatic rings. The Kier molecular flexibility index (Phi) is 7.44. The molecule has 0 atom stereocenters. The van der Waals surface area contributed by atoms with E-state index < -0.39 is 31.0 Å². The topological polar surface area (TPSA) is 93.2 Å². The van der Waals surface area contributed by atoms with Crippen molar-refractivity contribution in [2.45, 2.75) is 9.79 Å². The molecule has 0 bridgehead atoms. The zero-order valence-electron chi connectivity index (χ0n) is 18.4. The second-order valence-electron chi connectivity index (χ2n) is 6.85. The molecule has 0 N–H and O–H groups in total. The van der Waals surface area contributed by atoms with Crippen LogP contribution < -0.4 is 13.8 Å². The molecular weight excluding hydrogens is 503 g/mol. The molecule has 0 unspecified atom stereocenters. The largest absolute Gasteiger partial charge is 0.497 e. The first-order valence-corrected chi connectivity index (χ1v) is 12.9. The Bertz CT molecular complexity index is 1380. The van der Waals surface area contributed by atoms with E-state index in [0.717, 1.165) is 19.2 Å². The molecule has 0 heterocycles. The molecule has 3 rings (SSSR count). The lowest BCUT2D eigenvalue weighted by atomic mass is 10.3. The molecule has 3 aromatic carbocycles. The molecule has 0 radical (unpaired) electrons. The van der Waals surface area contributed by atoms with Crippen LogP contribution in [-0.4, -0.2) is 47.5 Å². The number of anilines is 1. The third-order valence-electron chi connectivity index (χ3n) is 4.82. The fourth-order valence-corrected chi connectivity index (χ4v) is 6.17. The molecule has 180 valence electrons. The Morgan fingerprint density at radius 1 is 0.735 bits per heavy atom. The van der Waals surface area contributed by atoms with Crippen LogP contribution in [0.1, 0.15) is 0 Å². The van der Waals surface area contributed by atoms with Crippen LogP contribution in [0.4, 0.5) is 10.1 Å². The number of nitrogens with zero attached hydrogens (tertiary/aromatic N) is 2. The Morgan fingerprint density at radius 2 is 1.15 bits per heavy atom. The fourth-order valence-electron chi connectivity index (χ4n) is 2.92. The number of methoxy groups -OCH3 is 2. The smallest absolute Gasteiger partial charge is 0.270 e. The van der Waals surface area contributed by atoms with Gasteiger partial charge in [0, 0.05) is 7.05 Å². The molecule has 0 aliphatic heterocycles. The third kappa shape index (κ3) is 4.98. The molecule has 0 aromatic heterocycles. The van der Waals surface area contributed by atoms with Crippen molar-refractivity contribution in [2.24, 2.45) is 0 Å². The summed E-state index contributed by atoms with van der Waals surface area (Å²) in [6.45, 7) is 0. The summed E-state index contributed by atoms with van der Waals surface area (Å²) in [6, 6.07) is 15.5. The normalized spacial score (nSPS) is 11.5. The maximum atomic E-state index is 13.6. The van der Waals surface area contributed by atoms with Gasteiger partial charge in [-0.15, -0.1) is 0 Å². The van der Waals surface area contributed by atoms with E-state index in [1.54, 1.807) is 0 Å². The van der Waals surface area contributed by atoms with Crippen molar-refractivity contribution in [3.8, 4) is 11.5 Å². The van der Waals surface area contributed by atoms with Crippen LogP contribution in [0, 0.1) is 5.82 Å². The second kappa shape index (κ2) is 9.95. The average Bonchev–Trinajstić information content (AvgIpc) is 2.84. The van der Waals surface area contributed by atoms with Crippen molar-refractivity contribution in [3.05, 3.63) is 78.6 Å². The van der Waals surface area contributed by atoms with Crippen molar-refractivity contribution in [2.75, 3.05) is 25.6 Å². The van der Waals surface area contributed by atoms with Gasteiger partial charge in [0.05, 0.1) is 29.7 Å². The molecule has 0 saturated heterocycles. The van der Waals surface area contributed by atoms with Gasteiger partial charge in [-0.25, -0.2) is 29.8 Å². The number of hydrogen-bond donors (Lipinski definition) is 0. The Hall–Kier alpha value is -3.22. The van der Waals surface area contributed by atoms with Gasteiger partial charge in [-0.1, -0.05) is 0 Å². The summed E-state index contributed by atoms with van der Waals surface area (Å²) >= 11 is 5.36. The highest BCUT2D eigenvalue weighted by molar-refractivity contribution is 7.96. The highest BCUT2D eigenvalue weighted by Crippen LogP contribution is 2.29. The Balaban J connectivity index is 2.09. The molecule has 8 nitrogen and oxygen atoms in total. The Morgan fingerprint density at radius 3 is 1.56 bits per heavy atom. The highest BCUT2D eigenvalue weighted by Gasteiger charge is 2.35. The standard InChI is InChI=1S/C22H21FN2O6S3/c1-24(33(26,27)20-12-8-18(30-2)9-13-20)22(32)25(17-6-4-16(23)5-7-17)34(28,29)21-14-10-19(31-3)11-15-21/h4-15H,1-3H3. The predicted molar refractivity (Wildman–Crippen MR) is 130 cm³/mol. The summed E-state index contributed by atoms with van der Waals surface area (Å²) in [5.41, 5.74) is -0.0426. The van der Waals surface area contributed by atoms with Crippen molar-refractivity contribution in [1.29, 1.82) is 0 Å². The summed E-state index contributed by atoms with van der Waals surface area (Å²) in [6.07, 6.45) is 0. The van der Waals surface area contributed by atoms with Crippen LogP contribution in [-0.2, 0) is 20.0 Å². The van der Waals surface area contributed by atoms with E-state index in [0.29, 0.717) is 20.1 Å². The van der Waals surface area contributed by atoms with E-state index in [4.69, 9.17) is 21.7 Å². The van der Waals surface area contributed by atoms with Gasteiger partial charge >= 0.3 is 0 Å². The molecule has 0 amide bonds. The van der Waals surface area contributed by atoms with Gasteiger partial charge in [0.2, 0.25) is 5.11 Å². The number of sulfonamides is 2. The lowest BCUT2D eigenvalue weighted by molar-refractivity contribution is 0.414. The van der Waals surface area contributed by atoms with Gasteiger partial charge in [-0.05, 0) is 85.0 Å². The van der Waals surface area contributed by atoms with Crippen LogP contribution in [0.3, 0.4) is 0 Å². The molecule has 0 spiro atoms. The first-order chi connectivity index (χ1) is 16.0. The summed E-state index contributed by atoms with van der Waals surface area (Å²) < 4.78 is 78.6. The van der Waals surface area contributed by atoms with Crippen LogP contribution in [0.5, 0.6) is 11.5 Å². The molecule has 0 saturated carbocycles. The number of halogens is 1. The maximum absolute atomic E-state index is 13.6. The van der Waals surface area contributed by atoms with Gasteiger partial charge in [0.1, 0.15) is 17.3 Å². The molecule has 12 heteroatoms. The number of ether oxygens (including phenoxy) is 2. The first kappa shape index (κ1) is 25.4. The summed E-state index contributed by atoms with van der Waals surface area (Å²) in [5.74, 6) is 0.268. The van der Waals surface area contributed by atoms with Crippen LogP contribution >= 0.6 is 12.2 Å². The number of thiocarbonyl (C=S) groups is 1. The summed E-state index contributed by atoms with van der Waals surface area (Å²) in [7, 11) is -4.63. The monoisotopic (exact) mass is 524 g/mol. The number of hydrogen-bond acceptors (Lipinski definition) is 7. The average molecular weight is 525 g/mol. The van der Waals surface area contributed by atoms with E-state index in [1.165, 1.54) is 74.9 Å². The van der Waals surface area contributed by atoms with E-state index >= 15 is 0 Å². The minimum Gasteiger partial charge on any atom is -0.497 e. The number of rotatable bonds is 7. The molecule has 34 heavy (non-hydrogen) atoms. The SMILES string of the molecule is COc1ccc(S(=O)(=O)N(C)C(=S)N(c2ccc(F)cc2)S(=O)(=O)c2ccc(OC)cc2)cc1. The quantitative estimate of drug-likeness (QED) is 0.436. The van der Waals surface area contributed by atoms with E-state index in [-0.39, 0.29) is 15.5 Å². The van der Waals surface area contributed by atoms with Crippen molar-refractivity contribution >= 4 is 43.1 Å². The fraction of sp³-hybridized carbons (Fsp3) is 0.136. The van der Waals surface area contributed by atoms with Crippen LogP contribution in [0.25, 0.3) is 0 Å². The van der Waals surface area contributed by atoms with E-state index in [9.17, 15) is 21.2 Å². The minimum absolute atomic E-state index is 0.0426. The van der Waals surface area contributed by atoms with E-state index in [2.05, 4.69) is 0 Å². The van der Waals surface area contributed by atoms with Crippen molar-refractivity contribution in [1.82, 2.24) is 4.31 Å². The van der Waals surface area contributed by atoms with Gasteiger partial charge in [-0.3, -0.25) is 0 Å². The minimum atomic E-state index is -4.40. The van der Waals surface area contributed by atoms with Gasteiger partial charge < -0.3 is 9.47 Å². The molecule has 0 fully saturated rings. The summed E-state index contributed by atoms with van der Waals surface area (Å²) in [5, 5.41) is -0.557. The lowest BCUT2D eigenvalue weighted by Crippen LogP contribution is -2.47. The third-order valence-corrected chi connectivity index (χ3v) is 9.00. The van der Waals surface area contributed by atoms with E-state index in [1.807, 2.05) is 0 Å². The highest BCUT2D eigenvalue weighted by atomic mass is 32.2. The van der Waals surface area contributed by atoms with Gasteiger partial charge in [0.25, 0.3) is 20.0 Å². The van der Waals surface area contributed by atoms with Crippen LogP contribution in [0.15, 0.2) is 82.6 Å². The second-order valence-corrected chi connectivity index (χ2v) is 11.0. The van der Waals surface area contributed by atoms with Crippen LogP contribution in [0.2, 0.25) is 0 Å². The van der Waals surface area contributed by atoms with Crippen molar-refractivity contribution < 1.29 is 30.7 Å². The zero-order valence-corrected chi connectivity index (χ0v) is 20.8. The van der Waals surface area contributed by atoms with Gasteiger partial charge in [0.15, 0.2) is 0 Å². The first-order valence-electron chi connectivity index (χ1n) is 9.64. The zero-order chi connectivity index (χ0) is 25.1. The predicted octanol–water partition coefficient (Wildman–Crippen LogP) is 3.64. The summed E-state index contributed by atoms with van der Waals surface area (Å²) in [4.78, 5) is -0.297. The molecule has 0 aliphatic carbocycles. The lowest BCUT2D eigenvalue weighted by Gasteiger charge is -2.30.